The van der Waals surface area contributed by atoms with Gasteiger partial charge in [-0.1, -0.05) is 23.7 Å². The molecule has 4 heteroatoms. The zero-order chi connectivity index (χ0) is 13.1. The van der Waals surface area contributed by atoms with E-state index in [1.165, 1.54) is 5.56 Å². The summed E-state index contributed by atoms with van der Waals surface area (Å²) in [5.41, 5.74) is 2.14. The Labute approximate surface area is 112 Å². The molecule has 0 amide bonds. The van der Waals surface area contributed by atoms with Gasteiger partial charge in [-0.25, -0.2) is 4.98 Å². The molecule has 0 bridgehead atoms. The Kier molecular flexibility index (Phi) is 4.04. The molecule has 1 heterocycles. The average molecular weight is 265 g/mol. The Morgan fingerprint density at radius 1 is 1.28 bits per heavy atom. The topological polar surface area (TPSA) is 38.1 Å². The van der Waals surface area contributed by atoms with Crippen LogP contribution in [0.3, 0.4) is 0 Å². The Bertz CT molecular complexity index is 500. The number of halogens is 1. The molecule has 18 heavy (non-hydrogen) atoms. The molecule has 0 aliphatic heterocycles. The van der Waals surface area contributed by atoms with E-state index in [-0.39, 0.29) is 6.04 Å². The first-order valence-electron chi connectivity index (χ1n) is 5.98. The first-order chi connectivity index (χ1) is 8.56. The van der Waals surface area contributed by atoms with E-state index in [1.807, 2.05) is 38.1 Å². The SMILES string of the molecule is Cc1nc(CN[C@H](C)c2ccc(Cl)cc2)oc1C. The Hall–Kier alpha value is -1.32. The molecule has 1 aromatic carbocycles. The zero-order valence-corrected chi connectivity index (χ0v) is 11.6. The van der Waals surface area contributed by atoms with E-state index >= 15 is 0 Å². The van der Waals surface area contributed by atoms with Gasteiger partial charge in [-0.2, -0.15) is 0 Å². The predicted molar refractivity (Wildman–Crippen MR) is 72.7 cm³/mol. The van der Waals surface area contributed by atoms with Gasteiger partial charge >= 0.3 is 0 Å². The van der Waals surface area contributed by atoms with E-state index in [0.717, 1.165) is 22.4 Å². The van der Waals surface area contributed by atoms with Crippen molar-refractivity contribution in [3.05, 3.63) is 52.2 Å². The van der Waals surface area contributed by atoms with Crippen LogP contribution in [-0.4, -0.2) is 4.98 Å². The lowest BCUT2D eigenvalue weighted by atomic mass is 10.1. The number of hydrogen-bond acceptors (Lipinski definition) is 3. The lowest BCUT2D eigenvalue weighted by Crippen LogP contribution is -2.18. The van der Waals surface area contributed by atoms with Crippen molar-refractivity contribution in [3.63, 3.8) is 0 Å². The van der Waals surface area contributed by atoms with Crippen LogP contribution in [-0.2, 0) is 6.54 Å². The molecule has 0 unspecified atom stereocenters. The minimum Gasteiger partial charge on any atom is -0.444 e. The second kappa shape index (κ2) is 5.55. The Balaban J connectivity index is 1.95. The summed E-state index contributed by atoms with van der Waals surface area (Å²) < 4.78 is 5.52. The minimum absolute atomic E-state index is 0.231. The van der Waals surface area contributed by atoms with Crippen LogP contribution in [0.2, 0.25) is 5.02 Å². The molecule has 1 aromatic heterocycles. The van der Waals surface area contributed by atoms with Gasteiger partial charge in [-0.05, 0) is 38.5 Å². The first-order valence-corrected chi connectivity index (χ1v) is 6.36. The summed E-state index contributed by atoms with van der Waals surface area (Å²) in [7, 11) is 0. The van der Waals surface area contributed by atoms with E-state index in [0.29, 0.717) is 6.54 Å². The molecule has 2 rings (SSSR count). The second-order valence-electron chi connectivity index (χ2n) is 4.40. The second-order valence-corrected chi connectivity index (χ2v) is 4.84. The van der Waals surface area contributed by atoms with Crippen LogP contribution >= 0.6 is 11.6 Å². The summed E-state index contributed by atoms with van der Waals surface area (Å²) >= 11 is 5.86. The van der Waals surface area contributed by atoms with Crippen molar-refractivity contribution in [2.75, 3.05) is 0 Å². The van der Waals surface area contributed by atoms with Crippen LogP contribution in [0.15, 0.2) is 28.7 Å². The van der Waals surface area contributed by atoms with Gasteiger partial charge in [0, 0.05) is 11.1 Å². The van der Waals surface area contributed by atoms with Crippen molar-refractivity contribution in [1.82, 2.24) is 10.3 Å². The summed E-state index contributed by atoms with van der Waals surface area (Å²) in [4.78, 5) is 4.34. The Morgan fingerprint density at radius 3 is 2.50 bits per heavy atom. The number of hydrogen-bond donors (Lipinski definition) is 1. The van der Waals surface area contributed by atoms with Crippen LogP contribution in [0.4, 0.5) is 0 Å². The predicted octanol–water partition coefficient (Wildman–Crippen LogP) is 3.80. The fraction of sp³-hybridized carbons (Fsp3) is 0.357. The smallest absolute Gasteiger partial charge is 0.208 e. The molecule has 1 atom stereocenters. The Morgan fingerprint density at radius 2 is 1.94 bits per heavy atom. The van der Waals surface area contributed by atoms with Crippen molar-refractivity contribution in [2.45, 2.75) is 33.4 Å². The molecule has 1 N–H and O–H groups in total. The zero-order valence-electron chi connectivity index (χ0n) is 10.8. The number of rotatable bonds is 4. The van der Waals surface area contributed by atoms with Crippen LogP contribution < -0.4 is 5.32 Å². The van der Waals surface area contributed by atoms with E-state index in [1.54, 1.807) is 0 Å². The molecule has 3 nitrogen and oxygen atoms in total. The number of nitrogens with zero attached hydrogens (tertiary/aromatic N) is 1. The van der Waals surface area contributed by atoms with E-state index in [9.17, 15) is 0 Å². The first kappa shape index (κ1) is 13.1. The van der Waals surface area contributed by atoms with Crippen LogP contribution in [0.1, 0.15) is 35.9 Å². The van der Waals surface area contributed by atoms with Crippen molar-refractivity contribution < 1.29 is 4.42 Å². The number of benzene rings is 1. The molecule has 0 radical (unpaired) electrons. The van der Waals surface area contributed by atoms with E-state index < -0.39 is 0 Å². The van der Waals surface area contributed by atoms with E-state index in [4.69, 9.17) is 16.0 Å². The molecular formula is C14H17ClN2O. The summed E-state index contributed by atoms with van der Waals surface area (Å²) in [6.07, 6.45) is 0. The molecule has 0 saturated carbocycles. The number of aryl methyl sites for hydroxylation is 2. The van der Waals surface area contributed by atoms with Gasteiger partial charge in [0.1, 0.15) is 5.76 Å². The van der Waals surface area contributed by atoms with Crippen molar-refractivity contribution in [1.29, 1.82) is 0 Å². The summed E-state index contributed by atoms with van der Waals surface area (Å²) in [6.45, 7) is 6.60. The quantitative estimate of drug-likeness (QED) is 0.913. The fourth-order valence-corrected chi connectivity index (χ4v) is 1.85. The monoisotopic (exact) mass is 264 g/mol. The lowest BCUT2D eigenvalue weighted by Gasteiger charge is -2.12. The maximum Gasteiger partial charge on any atom is 0.208 e. The summed E-state index contributed by atoms with van der Waals surface area (Å²) in [5.74, 6) is 1.61. The highest BCUT2D eigenvalue weighted by Crippen LogP contribution is 2.17. The fourth-order valence-electron chi connectivity index (χ4n) is 1.72. The lowest BCUT2D eigenvalue weighted by molar-refractivity contribution is 0.432. The van der Waals surface area contributed by atoms with Crippen molar-refractivity contribution >= 4 is 11.6 Å². The third-order valence-electron chi connectivity index (χ3n) is 3.00. The van der Waals surface area contributed by atoms with Gasteiger partial charge < -0.3 is 9.73 Å². The molecule has 0 aliphatic carbocycles. The van der Waals surface area contributed by atoms with Crippen molar-refractivity contribution in [2.24, 2.45) is 0 Å². The molecule has 0 saturated heterocycles. The maximum absolute atomic E-state index is 5.86. The number of nitrogens with one attached hydrogen (secondary N) is 1. The summed E-state index contributed by atoms with van der Waals surface area (Å²) in [6, 6.07) is 8.07. The molecule has 0 fully saturated rings. The van der Waals surface area contributed by atoms with Crippen LogP contribution in [0.5, 0.6) is 0 Å². The maximum atomic E-state index is 5.86. The largest absolute Gasteiger partial charge is 0.444 e. The molecule has 0 aliphatic rings. The highest BCUT2D eigenvalue weighted by Gasteiger charge is 2.08. The van der Waals surface area contributed by atoms with Gasteiger partial charge in [-0.3, -0.25) is 0 Å². The van der Waals surface area contributed by atoms with Gasteiger partial charge in [0.05, 0.1) is 12.2 Å². The van der Waals surface area contributed by atoms with Crippen LogP contribution in [0, 0.1) is 13.8 Å². The molecular weight excluding hydrogens is 248 g/mol. The third kappa shape index (κ3) is 3.12. The molecule has 2 aromatic rings. The van der Waals surface area contributed by atoms with Gasteiger partial charge in [0.25, 0.3) is 0 Å². The number of oxazole rings is 1. The number of aromatic nitrogens is 1. The minimum atomic E-state index is 0.231. The molecule has 96 valence electrons. The summed E-state index contributed by atoms with van der Waals surface area (Å²) in [5, 5.41) is 4.13. The average Bonchev–Trinajstić information content (AvgIpc) is 2.67. The molecule has 0 spiro atoms. The third-order valence-corrected chi connectivity index (χ3v) is 3.25. The van der Waals surface area contributed by atoms with Gasteiger partial charge in [0.15, 0.2) is 0 Å². The van der Waals surface area contributed by atoms with Gasteiger partial charge in [-0.15, -0.1) is 0 Å². The van der Waals surface area contributed by atoms with Crippen molar-refractivity contribution in [3.8, 4) is 0 Å². The van der Waals surface area contributed by atoms with E-state index in [2.05, 4.69) is 17.2 Å². The standard InChI is InChI=1S/C14H17ClN2O/c1-9-11(3)18-14(17-9)8-16-10(2)12-4-6-13(15)7-5-12/h4-7,10,16H,8H2,1-3H3/t10-/m1/s1. The van der Waals surface area contributed by atoms with Gasteiger partial charge in [0.2, 0.25) is 5.89 Å². The highest BCUT2D eigenvalue weighted by atomic mass is 35.5. The highest BCUT2D eigenvalue weighted by molar-refractivity contribution is 6.30. The van der Waals surface area contributed by atoms with Crippen LogP contribution in [0.25, 0.3) is 0 Å². The normalized spacial score (nSPS) is 12.7.